The van der Waals surface area contributed by atoms with Gasteiger partial charge in [0.2, 0.25) is 11.8 Å². The van der Waals surface area contributed by atoms with Gasteiger partial charge in [-0.05, 0) is 19.3 Å². The number of carboxylic acid groups (broad SMARTS) is 1. The lowest BCUT2D eigenvalue weighted by atomic mass is 9.94. The molecule has 2 atom stereocenters. The minimum absolute atomic E-state index is 0.0572. The molecule has 0 aromatic heterocycles. The van der Waals surface area contributed by atoms with Gasteiger partial charge in [-0.15, -0.1) is 0 Å². The molecule has 18 heavy (non-hydrogen) atoms. The minimum Gasteiger partial charge on any atom is -0.481 e. The van der Waals surface area contributed by atoms with Gasteiger partial charge in [-0.3, -0.25) is 14.4 Å². The molecule has 1 saturated heterocycles. The SMILES string of the molecule is O=C1CN(C(=O)[C@@H]2CCC[C@@H]2C(=O)O)CCCN1. The van der Waals surface area contributed by atoms with E-state index < -0.39 is 17.8 Å². The Bertz CT molecular complexity index is 369. The van der Waals surface area contributed by atoms with Crippen LogP contribution in [0.1, 0.15) is 25.7 Å². The van der Waals surface area contributed by atoms with Gasteiger partial charge in [0.25, 0.3) is 0 Å². The fourth-order valence-electron chi connectivity index (χ4n) is 2.78. The van der Waals surface area contributed by atoms with Crippen molar-refractivity contribution in [1.82, 2.24) is 10.2 Å². The van der Waals surface area contributed by atoms with Gasteiger partial charge in [0, 0.05) is 13.1 Å². The van der Waals surface area contributed by atoms with Crippen LogP contribution < -0.4 is 5.32 Å². The van der Waals surface area contributed by atoms with E-state index in [2.05, 4.69) is 5.32 Å². The number of carbonyl (C=O) groups excluding carboxylic acids is 2. The quantitative estimate of drug-likeness (QED) is 0.716. The van der Waals surface area contributed by atoms with Gasteiger partial charge in [0.15, 0.2) is 0 Å². The van der Waals surface area contributed by atoms with Gasteiger partial charge < -0.3 is 15.3 Å². The van der Waals surface area contributed by atoms with Gasteiger partial charge >= 0.3 is 5.97 Å². The molecule has 0 bridgehead atoms. The maximum absolute atomic E-state index is 12.3. The zero-order valence-corrected chi connectivity index (χ0v) is 10.2. The van der Waals surface area contributed by atoms with Crippen LogP contribution in [-0.4, -0.2) is 47.4 Å². The Balaban J connectivity index is 2.05. The highest BCUT2D eigenvalue weighted by Gasteiger charge is 2.40. The predicted octanol–water partition coefficient (Wildman–Crippen LogP) is -0.164. The predicted molar refractivity (Wildman–Crippen MR) is 62.7 cm³/mol. The Morgan fingerprint density at radius 1 is 1.22 bits per heavy atom. The highest BCUT2D eigenvalue weighted by atomic mass is 16.4. The molecule has 0 radical (unpaired) electrons. The Morgan fingerprint density at radius 3 is 2.67 bits per heavy atom. The summed E-state index contributed by atoms with van der Waals surface area (Å²) >= 11 is 0. The first-order valence-corrected chi connectivity index (χ1v) is 6.38. The second-order valence-electron chi connectivity index (χ2n) is 4.95. The van der Waals surface area contributed by atoms with Crippen LogP contribution in [0.25, 0.3) is 0 Å². The molecule has 2 rings (SSSR count). The molecular weight excluding hydrogens is 236 g/mol. The Morgan fingerprint density at radius 2 is 1.94 bits per heavy atom. The lowest BCUT2D eigenvalue weighted by molar-refractivity contribution is -0.149. The van der Waals surface area contributed by atoms with Crippen LogP contribution in [0.2, 0.25) is 0 Å². The first-order chi connectivity index (χ1) is 8.59. The highest BCUT2D eigenvalue weighted by Crippen LogP contribution is 2.33. The number of nitrogens with one attached hydrogen (secondary N) is 1. The van der Waals surface area contributed by atoms with Crippen molar-refractivity contribution in [3.63, 3.8) is 0 Å². The monoisotopic (exact) mass is 254 g/mol. The lowest BCUT2D eigenvalue weighted by Crippen LogP contribution is -2.42. The molecule has 2 aliphatic rings. The van der Waals surface area contributed by atoms with Crippen molar-refractivity contribution in [2.45, 2.75) is 25.7 Å². The molecule has 0 aromatic carbocycles. The maximum atomic E-state index is 12.3. The summed E-state index contributed by atoms with van der Waals surface area (Å²) in [5.74, 6) is -2.26. The van der Waals surface area contributed by atoms with E-state index >= 15 is 0 Å². The molecule has 1 heterocycles. The van der Waals surface area contributed by atoms with Crippen molar-refractivity contribution in [3.05, 3.63) is 0 Å². The average molecular weight is 254 g/mol. The standard InChI is InChI=1S/C12H18N2O4/c15-10-7-14(6-2-5-13-10)11(16)8-3-1-4-9(8)12(17)18/h8-9H,1-7H2,(H,13,15)(H,17,18)/t8-,9+/m1/s1. The Hall–Kier alpha value is -1.59. The van der Waals surface area contributed by atoms with E-state index in [4.69, 9.17) is 5.11 Å². The maximum Gasteiger partial charge on any atom is 0.307 e. The fourth-order valence-corrected chi connectivity index (χ4v) is 2.78. The fraction of sp³-hybridized carbons (Fsp3) is 0.750. The summed E-state index contributed by atoms with van der Waals surface area (Å²) in [6.07, 6.45) is 2.68. The molecule has 1 aliphatic carbocycles. The van der Waals surface area contributed by atoms with E-state index in [1.54, 1.807) is 0 Å². The van der Waals surface area contributed by atoms with Gasteiger partial charge in [0.1, 0.15) is 0 Å². The van der Waals surface area contributed by atoms with E-state index in [1.165, 1.54) is 4.90 Å². The molecule has 0 spiro atoms. The number of hydrogen-bond acceptors (Lipinski definition) is 3. The number of carbonyl (C=O) groups is 3. The summed E-state index contributed by atoms with van der Waals surface area (Å²) in [5, 5.41) is 11.8. The van der Waals surface area contributed by atoms with Gasteiger partial charge in [-0.25, -0.2) is 0 Å². The van der Waals surface area contributed by atoms with Gasteiger partial charge in [0.05, 0.1) is 18.4 Å². The summed E-state index contributed by atoms with van der Waals surface area (Å²) in [6, 6.07) is 0. The smallest absolute Gasteiger partial charge is 0.307 e. The van der Waals surface area contributed by atoms with Crippen LogP contribution in [0.3, 0.4) is 0 Å². The van der Waals surface area contributed by atoms with Gasteiger partial charge in [-0.1, -0.05) is 6.42 Å². The van der Waals surface area contributed by atoms with Crippen molar-refractivity contribution in [2.75, 3.05) is 19.6 Å². The largest absolute Gasteiger partial charge is 0.481 e. The van der Waals surface area contributed by atoms with Crippen molar-refractivity contribution >= 4 is 17.8 Å². The summed E-state index contributed by atoms with van der Waals surface area (Å²) < 4.78 is 0. The third-order valence-corrected chi connectivity index (χ3v) is 3.72. The lowest BCUT2D eigenvalue weighted by Gasteiger charge is -2.24. The molecule has 2 N–H and O–H groups in total. The highest BCUT2D eigenvalue weighted by molar-refractivity contribution is 5.89. The molecule has 1 saturated carbocycles. The first-order valence-electron chi connectivity index (χ1n) is 6.38. The second kappa shape index (κ2) is 5.37. The van der Waals surface area contributed by atoms with Crippen LogP contribution >= 0.6 is 0 Å². The van der Waals surface area contributed by atoms with Crippen molar-refractivity contribution in [2.24, 2.45) is 11.8 Å². The van der Waals surface area contributed by atoms with E-state index in [0.717, 1.165) is 12.8 Å². The molecule has 6 heteroatoms. The summed E-state index contributed by atoms with van der Waals surface area (Å²) in [5.41, 5.74) is 0. The van der Waals surface area contributed by atoms with Crippen molar-refractivity contribution in [1.29, 1.82) is 0 Å². The van der Waals surface area contributed by atoms with Crippen molar-refractivity contribution < 1.29 is 19.5 Å². The van der Waals surface area contributed by atoms with E-state index in [-0.39, 0.29) is 18.4 Å². The zero-order chi connectivity index (χ0) is 13.1. The topological polar surface area (TPSA) is 86.7 Å². The molecule has 1 aliphatic heterocycles. The van der Waals surface area contributed by atoms with E-state index in [1.807, 2.05) is 0 Å². The second-order valence-corrected chi connectivity index (χ2v) is 4.95. The molecule has 0 aromatic rings. The molecular formula is C12H18N2O4. The molecule has 2 fully saturated rings. The summed E-state index contributed by atoms with van der Waals surface area (Å²) in [6.45, 7) is 1.16. The molecule has 6 nitrogen and oxygen atoms in total. The number of aliphatic carboxylic acids is 1. The van der Waals surface area contributed by atoms with Crippen LogP contribution in [0, 0.1) is 11.8 Å². The van der Waals surface area contributed by atoms with E-state index in [9.17, 15) is 14.4 Å². The number of rotatable bonds is 2. The number of nitrogens with zero attached hydrogens (tertiary/aromatic N) is 1. The van der Waals surface area contributed by atoms with Crippen LogP contribution in [-0.2, 0) is 14.4 Å². The van der Waals surface area contributed by atoms with Crippen LogP contribution in [0.15, 0.2) is 0 Å². The third-order valence-electron chi connectivity index (χ3n) is 3.72. The third kappa shape index (κ3) is 2.63. The minimum atomic E-state index is -0.898. The number of hydrogen-bond donors (Lipinski definition) is 2. The molecule has 2 amide bonds. The Labute approximate surface area is 105 Å². The van der Waals surface area contributed by atoms with Crippen LogP contribution in [0.4, 0.5) is 0 Å². The first kappa shape index (κ1) is 12.9. The van der Waals surface area contributed by atoms with Gasteiger partial charge in [-0.2, -0.15) is 0 Å². The number of amides is 2. The normalized spacial score (nSPS) is 28.7. The zero-order valence-electron chi connectivity index (χ0n) is 10.2. The molecule has 100 valence electrons. The Kier molecular flexibility index (Phi) is 3.84. The summed E-state index contributed by atoms with van der Waals surface area (Å²) in [4.78, 5) is 36.3. The van der Waals surface area contributed by atoms with E-state index in [0.29, 0.717) is 25.9 Å². The van der Waals surface area contributed by atoms with Crippen LogP contribution in [0.5, 0.6) is 0 Å². The number of carboxylic acids is 1. The van der Waals surface area contributed by atoms with Crippen molar-refractivity contribution in [3.8, 4) is 0 Å². The average Bonchev–Trinajstić information content (AvgIpc) is 2.72. The summed E-state index contributed by atoms with van der Waals surface area (Å²) in [7, 11) is 0. The molecule has 0 unspecified atom stereocenters.